The summed E-state index contributed by atoms with van der Waals surface area (Å²) in [4.78, 5) is 4.72. The molecule has 1 heterocycles. The smallest absolute Gasteiger partial charge is 0.126 e. The molecule has 144 valence electrons. The van der Waals surface area contributed by atoms with E-state index in [1.165, 1.54) is 11.1 Å². The zero-order chi connectivity index (χ0) is 19.9. The van der Waals surface area contributed by atoms with E-state index in [0.717, 1.165) is 29.8 Å². The Morgan fingerprint density at radius 1 is 0.793 bits per heavy atom. The highest BCUT2D eigenvalue weighted by molar-refractivity contribution is 5.86. The van der Waals surface area contributed by atoms with Crippen molar-refractivity contribution in [1.29, 1.82) is 0 Å². The zero-order valence-electron chi connectivity index (χ0n) is 16.7. The summed E-state index contributed by atoms with van der Waals surface area (Å²) in [5.74, 6) is 0.891. The van der Waals surface area contributed by atoms with Crippen LogP contribution in [-0.2, 0) is 5.41 Å². The fourth-order valence-corrected chi connectivity index (χ4v) is 3.85. The van der Waals surface area contributed by atoms with Crippen LogP contribution in [0.3, 0.4) is 0 Å². The van der Waals surface area contributed by atoms with Gasteiger partial charge in [0.2, 0.25) is 0 Å². The topological polar surface area (TPSA) is 21.6 Å². The van der Waals surface area contributed by atoms with Gasteiger partial charge in [0.15, 0.2) is 0 Å². The molecular weight excluding hydrogens is 354 g/mol. The van der Waals surface area contributed by atoms with E-state index < -0.39 is 0 Å². The van der Waals surface area contributed by atoms with Gasteiger partial charge in [-0.05, 0) is 36.1 Å². The van der Waals surface area contributed by atoms with Crippen LogP contribution in [-0.4, -0.2) is 13.3 Å². The molecule has 0 saturated heterocycles. The van der Waals surface area contributed by atoms with Crippen molar-refractivity contribution in [1.82, 2.24) is 0 Å². The lowest BCUT2D eigenvalue weighted by Crippen LogP contribution is -2.24. The molecule has 2 nitrogen and oxygen atoms in total. The van der Waals surface area contributed by atoms with Gasteiger partial charge in [0, 0.05) is 17.2 Å². The maximum atomic E-state index is 5.47. The molecule has 2 heteroatoms. The predicted octanol–water partition coefficient (Wildman–Crippen LogP) is 6.86. The van der Waals surface area contributed by atoms with Crippen molar-refractivity contribution >= 4 is 24.1 Å². The lowest BCUT2D eigenvalue weighted by Gasteiger charge is -2.25. The molecule has 0 bridgehead atoms. The Labute approximate surface area is 172 Å². The Hall–Kier alpha value is -3.39. The summed E-state index contributed by atoms with van der Waals surface area (Å²) in [5, 5.41) is 0. The average molecular weight is 380 g/mol. The van der Waals surface area contributed by atoms with Gasteiger partial charge >= 0.3 is 0 Å². The maximum absolute atomic E-state index is 5.47. The molecule has 1 aliphatic heterocycles. The fraction of sp³-hybridized carbons (Fsp3) is 0.148. The first-order chi connectivity index (χ1) is 14.3. The number of hydrogen-bond donors (Lipinski definition) is 0. The van der Waals surface area contributed by atoms with Gasteiger partial charge < -0.3 is 4.74 Å². The molecule has 0 spiro atoms. The van der Waals surface area contributed by atoms with E-state index >= 15 is 0 Å². The van der Waals surface area contributed by atoms with Gasteiger partial charge in [0.25, 0.3) is 0 Å². The molecule has 3 aromatic carbocycles. The van der Waals surface area contributed by atoms with Gasteiger partial charge in [0.1, 0.15) is 5.75 Å². The Bertz CT molecular complexity index is 1050. The second-order valence-electron chi connectivity index (χ2n) is 7.30. The van der Waals surface area contributed by atoms with Crippen LogP contribution >= 0.6 is 0 Å². The molecule has 4 rings (SSSR count). The largest absolute Gasteiger partial charge is 0.496 e. The summed E-state index contributed by atoms with van der Waals surface area (Å²) in [5.41, 5.74) is 4.55. The Kier molecular flexibility index (Phi) is 5.71. The summed E-state index contributed by atoms with van der Waals surface area (Å²) < 4.78 is 5.47. The van der Waals surface area contributed by atoms with Crippen LogP contribution in [0, 0.1) is 0 Å². The van der Waals surface area contributed by atoms with Gasteiger partial charge in [-0.15, -0.1) is 0 Å². The second kappa shape index (κ2) is 8.74. The monoisotopic (exact) mass is 379 g/mol. The quantitative estimate of drug-likeness (QED) is 0.439. The van der Waals surface area contributed by atoms with Gasteiger partial charge in [-0.1, -0.05) is 91.0 Å². The Morgan fingerprint density at radius 3 is 2.31 bits per heavy atom. The van der Waals surface area contributed by atoms with E-state index in [9.17, 15) is 0 Å². The normalized spacial score (nSPS) is 17.8. The third-order valence-corrected chi connectivity index (χ3v) is 5.40. The number of benzene rings is 3. The molecule has 0 unspecified atom stereocenters. The van der Waals surface area contributed by atoms with Crippen LogP contribution in [0.15, 0.2) is 96.0 Å². The molecule has 1 aliphatic rings. The molecule has 29 heavy (non-hydrogen) atoms. The van der Waals surface area contributed by atoms with Crippen LogP contribution in [0.1, 0.15) is 29.5 Å². The van der Waals surface area contributed by atoms with Crippen molar-refractivity contribution in [3.05, 3.63) is 108 Å². The van der Waals surface area contributed by atoms with E-state index in [1.807, 2.05) is 24.3 Å². The number of para-hydroxylation sites is 2. The standard InChI is InChI=1S/C27H25NO/c1-29-26-18-8-5-14-23(26)15-10-20-27(19-9-13-22-11-3-2-4-12-22)21-28-25-17-7-6-16-24(25)27/h2-18,21H,19-20H2,1H3/b13-9+,15-10+/t27-/m0/s1. The second-order valence-corrected chi connectivity index (χ2v) is 7.30. The van der Waals surface area contributed by atoms with Crippen LogP contribution < -0.4 is 4.74 Å². The summed E-state index contributed by atoms with van der Waals surface area (Å²) in [7, 11) is 1.71. The van der Waals surface area contributed by atoms with Crippen LogP contribution in [0.2, 0.25) is 0 Å². The third-order valence-electron chi connectivity index (χ3n) is 5.40. The molecule has 0 amide bonds. The molecule has 0 N–H and O–H groups in total. The first-order valence-corrected chi connectivity index (χ1v) is 9.97. The molecule has 0 radical (unpaired) electrons. The minimum absolute atomic E-state index is 0.125. The minimum atomic E-state index is -0.125. The van der Waals surface area contributed by atoms with Crippen LogP contribution in [0.4, 0.5) is 5.69 Å². The summed E-state index contributed by atoms with van der Waals surface area (Å²) in [6.45, 7) is 0. The van der Waals surface area contributed by atoms with Gasteiger partial charge in [-0.25, -0.2) is 0 Å². The molecule has 0 saturated carbocycles. The van der Waals surface area contributed by atoms with Crippen molar-refractivity contribution in [2.24, 2.45) is 4.99 Å². The summed E-state index contributed by atoms with van der Waals surface area (Å²) in [6.07, 6.45) is 12.8. The first kappa shape index (κ1) is 18.9. The van der Waals surface area contributed by atoms with Crippen molar-refractivity contribution in [3.8, 4) is 5.75 Å². The van der Waals surface area contributed by atoms with Crippen molar-refractivity contribution in [3.63, 3.8) is 0 Å². The molecule has 0 fully saturated rings. The number of ether oxygens (including phenoxy) is 1. The number of hydrogen-bond acceptors (Lipinski definition) is 2. The third kappa shape index (κ3) is 4.22. The fourth-order valence-electron chi connectivity index (χ4n) is 3.85. The predicted molar refractivity (Wildman–Crippen MR) is 123 cm³/mol. The molecule has 0 aromatic heterocycles. The SMILES string of the molecule is COc1ccccc1/C=C/C[C@@]1(C/C=C/c2ccccc2)C=Nc2ccccc21. The van der Waals surface area contributed by atoms with Gasteiger partial charge in [-0.3, -0.25) is 4.99 Å². The number of nitrogens with zero attached hydrogens (tertiary/aromatic N) is 1. The van der Waals surface area contributed by atoms with Gasteiger partial charge in [0.05, 0.1) is 12.8 Å². The van der Waals surface area contributed by atoms with Gasteiger partial charge in [-0.2, -0.15) is 0 Å². The number of allylic oxidation sites excluding steroid dienone is 2. The summed E-state index contributed by atoms with van der Waals surface area (Å²) >= 11 is 0. The van der Waals surface area contributed by atoms with E-state index in [2.05, 4.69) is 85.1 Å². The van der Waals surface area contributed by atoms with Crippen molar-refractivity contribution in [2.75, 3.05) is 7.11 Å². The number of methoxy groups -OCH3 is 1. The highest BCUT2D eigenvalue weighted by Crippen LogP contribution is 2.42. The number of fused-ring (bicyclic) bond motifs is 1. The average Bonchev–Trinajstić information content (AvgIpc) is 3.14. The zero-order valence-corrected chi connectivity index (χ0v) is 16.7. The highest BCUT2D eigenvalue weighted by atomic mass is 16.5. The number of rotatable bonds is 7. The van der Waals surface area contributed by atoms with Crippen molar-refractivity contribution < 1.29 is 4.74 Å². The van der Waals surface area contributed by atoms with E-state index in [4.69, 9.17) is 9.73 Å². The minimum Gasteiger partial charge on any atom is -0.496 e. The van der Waals surface area contributed by atoms with E-state index in [0.29, 0.717) is 0 Å². The van der Waals surface area contributed by atoms with Crippen LogP contribution in [0.5, 0.6) is 5.75 Å². The molecule has 1 atom stereocenters. The Morgan fingerprint density at radius 2 is 1.48 bits per heavy atom. The maximum Gasteiger partial charge on any atom is 0.126 e. The van der Waals surface area contributed by atoms with Crippen LogP contribution in [0.25, 0.3) is 12.2 Å². The van der Waals surface area contributed by atoms with Crippen molar-refractivity contribution in [2.45, 2.75) is 18.3 Å². The molecule has 0 aliphatic carbocycles. The Balaban J connectivity index is 1.59. The molecule has 3 aromatic rings. The lowest BCUT2D eigenvalue weighted by molar-refractivity contribution is 0.414. The highest BCUT2D eigenvalue weighted by Gasteiger charge is 2.34. The van der Waals surface area contributed by atoms with E-state index in [-0.39, 0.29) is 5.41 Å². The van der Waals surface area contributed by atoms with E-state index in [1.54, 1.807) is 7.11 Å². The first-order valence-electron chi connectivity index (χ1n) is 9.97. The number of aliphatic imine (C=N–C) groups is 1. The summed E-state index contributed by atoms with van der Waals surface area (Å²) in [6, 6.07) is 27.0. The molecular formula is C27H25NO. The lowest BCUT2D eigenvalue weighted by atomic mass is 9.76.